The average molecular weight is 310 g/mol. The Kier molecular flexibility index (Phi) is 4.50. The Morgan fingerprint density at radius 3 is 2.78 bits per heavy atom. The largest absolute Gasteiger partial charge is 0.300 e. The van der Waals surface area contributed by atoms with E-state index in [1.165, 1.54) is 19.3 Å². The highest BCUT2D eigenvalue weighted by molar-refractivity contribution is 9.09. The van der Waals surface area contributed by atoms with Crippen LogP contribution in [0.15, 0.2) is 24.3 Å². The molecule has 0 N–H and O–H groups in total. The van der Waals surface area contributed by atoms with E-state index in [1.807, 2.05) is 0 Å². The Morgan fingerprint density at radius 1 is 1.33 bits per heavy atom. The molecule has 2 rings (SSSR count). The van der Waals surface area contributed by atoms with Crippen LogP contribution >= 0.6 is 15.9 Å². The van der Waals surface area contributed by atoms with E-state index >= 15 is 0 Å². The second kappa shape index (κ2) is 5.75. The summed E-state index contributed by atoms with van der Waals surface area (Å²) in [7, 11) is 2.25. The third-order valence-electron chi connectivity index (χ3n) is 4.35. The average Bonchev–Trinajstić information content (AvgIpc) is 2.39. The molecule has 0 saturated carbocycles. The van der Waals surface area contributed by atoms with E-state index in [0.29, 0.717) is 5.92 Å². The van der Waals surface area contributed by atoms with Crippen LogP contribution in [0.4, 0.5) is 0 Å². The Bertz CT molecular complexity index is 400. The number of hydrogen-bond donors (Lipinski definition) is 0. The summed E-state index contributed by atoms with van der Waals surface area (Å²) < 4.78 is 0. The summed E-state index contributed by atoms with van der Waals surface area (Å²) in [6.07, 6.45) is 3.93. The van der Waals surface area contributed by atoms with Crippen LogP contribution in [-0.2, 0) is 6.42 Å². The standard InChI is InChI=1S/C16H24BrN/c1-16(2,12-17)18(3)11-14-9-6-8-13-7-4-5-10-15(13)14/h4-5,7,10,14H,6,8-9,11-12H2,1-3H3. The highest BCUT2D eigenvalue weighted by Crippen LogP contribution is 2.33. The smallest absolute Gasteiger partial charge is 0.0247 e. The fourth-order valence-electron chi connectivity index (χ4n) is 2.72. The number of halogens is 1. The molecule has 1 atom stereocenters. The minimum absolute atomic E-state index is 0.229. The molecule has 0 saturated heterocycles. The second-order valence-electron chi connectivity index (χ2n) is 6.11. The van der Waals surface area contributed by atoms with Crippen molar-refractivity contribution in [3.05, 3.63) is 35.4 Å². The third kappa shape index (κ3) is 2.97. The van der Waals surface area contributed by atoms with E-state index in [-0.39, 0.29) is 5.54 Å². The van der Waals surface area contributed by atoms with Crippen LogP contribution in [0, 0.1) is 0 Å². The zero-order valence-corrected chi connectivity index (χ0v) is 13.3. The van der Waals surface area contributed by atoms with Crippen LogP contribution in [0.5, 0.6) is 0 Å². The van der Waals surface area contributed by atoms with Crippen molar-refractivity contribution in [3.63, 3.8) is 0 Å². The molecule has 2 heteroatoms. The number of aryl methyl sites for hydroxylation is 1. The van der Waals surface area contributed by atoms with Gasteiger partial charge in [0.05, 0.1) is 0 Å². The van der Waals surface area contributed by atoms with Crippen LogP contribution < -0.4 is 0 Å². The van der Waals surface area contributed by atoms with Gasteiger partial charge in [-0.1, -0.05) is 40.2 Å². The van der Waals surface area contributed by atoms with Gasteiger partial charge in [0.25, 0.3) is 0 Å². The Balaban J connectivity index is 2.12. The van der Waals surface area contributed by atoms with Gasteiger partial charge in [0.1, 0.15) is 0 Å². The molecule has 1 nitrogen and oxygen atoms in total. The summed E-state index contributed by atoms with van der Waals surface area (Å²) in [6.45, 7) is 5.77. The lowest BCUT2D eigenvalue weighted by Crippen LogP contribution is -2.44. The van der Waals surface area contributed by atoms with Crippen molar-refractivity contribution < 1.29 is 0 Å². The Morgan fingerprint density at radius 2 is 2.06 bits per heavy atom. The Labute approximate surface area is 120 Å². The minimum Gasteiger partial charge on any atom is -0.300 e. The quantitative estimate of drug-likeness (QED) is 0.753. The first kappa shape index (κ1) is 14.1. The summed E-state index contributed by atoms with van der Waals surface area (Å²) >= 11 is 3.63. The zero-order valence-electron chi connectivity index (χ0n) is 11.7. The van der Waals surface area contributed by atoms with Gasteiger partial charge in [-0.15, -0.1) is 0 Å². The lowest BCUT2D eigenvalue weighted by atomic mass is 9.82. The van der Waals surface area contributed by atoms with Crippen LogP contribution in [-0.4, -0.2) is 29.4 Å². The summed E-state index contributed by atoms with van der Waals surface area (Å²) in [5, 5.41) is 1.02. The fourth-order valence-corrected chi connectivity index (χ4v) is 3.15. The number of fused-ring (bicyclic) bond motifs is 1. The molecule has 1 aliphatic rings. The number of hydrogen-bond acceptors (Lipinski definition) is 1. The molecule has 100 valence electrons. The lowest BCUT2D eigenvalue weighted by Gasteiger charge is -2.38. The van der Waals surface area contributed by atoms with Gasteiger partial charge < -0.3 is 0 Å². The second-order valence-corrected chi connectivity index (χ2v) is 6.68. The Hall–Kier alpha value is -0.340. The molecule has 0 bridgehead atoms. The number of likely N-dealkylation sites (N-methyl/N-ethyl adjacent to an activating group) is 1. The van der Waals surface area contributed by atoms with E-state index in [4.69, 9.17) is 0 Å². The van der Waals surface area contributed by atoms with E-state index in [2.05, 4.69) is 66.0 Å². The zero-order chi connectivity index (χ0) is 13.2. The normalized spacial score (nSPS) is 19.9. The summed E-state index contributed by atoms with van der Waals surface area (Å²) in [5.74, 6) is 0.707. The maximum Gasteiger partial charge on any atom is 0.0247 e. The molecule has 1 aromatic carbocycles. The number of alkyl halides is 1. The van der Waals surface area contributed by atoms with Gasteiger partial charge in [0.15, 0.2) is 0 Å². The van der Waals surface area contributed by atoms with Crippen molar-refractivity contribution in [1.29, 1.82) is 0 Å². The van der Waals surface area contributed by atoms with Crippen LogP contribution in [0.25, 0.3) is 0 Å². The molecule has 0 heterocycles. The third-order valence-corrected chi connectivity index (χ3v) is 5.72. The van der Waals surface area contributed by atoms with E-state index in [9.17, 15) is 0 Å². The van der Waals surface area contributed by atoms with Crippen molar-refractivity contribution in [2.45, 2.75) is 44.6 Å². The van der Waals surface area contributed by atoms with Crippen molar-refractivity contribution in [2.24, 2.45) is 0 Å². The SMILES string of the molecule is CN(CC1CCCc2ccccc21)C(C)(C)CBr. The van der Waals surface area contributed by atoms with Gasteiger partial charge in [-0.3, -0.25) is 4.90 Å². The fraction of sp³-hybridized carbons (Fsp3) is 0.625. The predicted octanol–water partition coefficient (Wildman–Crippen LogP) is 4.21. The highest BCUT2D eigenvalue weighted by Gasteiger charge is 2.27. The van der Waals surface area contributed by atoms with Gasteiger partial charge >= 0.3 is 0 Å². The van der Waals surface area contributed by atoms with Crippen LogP contribution in [0.2, 0.25) is 0 Å². The molecule has 1 aromatic rings. The summed E-state index contributed by atoms with van der Waals surface area (Å²) in [5.41, 5.74) is 3.38. The van der Waals surface area contributed by atoms with Gasteiger partial charge in [-0.05, 0) is 57.2 Å². The molecule has 0 aliphatic heterocycles. The molecule has 0 fully saturated rings. The van der Waals surface area contributed by atoms with E-state index in [1.54, 1.807) is 11.1 Å². The molecule has 0 aromatic heterocycles. The summed E-state index contributed by atoms with van der Waals surface area (Å²) in [6, 6.07) is 8.99. The molecule has 0 amide bonds. The van der Waals surface area contributed by atoms with Gasteiger partial charge in [0.2, 0.25) is 0 Å². The van der Waals surface area contributed by atoms with Crippen molar-refractivity contribution in [1.82, 2.24) is 4.90 Å². The number of benzene rings is 1. The monoisotopic (exact) mass is 309 g/mol. The lowest BCUT2D eigenvalue weighted by molar-refractivity contribution is 0.166. The summed E-state index contributed by atoms with van der Waals surface area (Å²) in [4.78, 5) is 2.49. The van der Waals surface area contributed by atoms with Gasteiger partial charge in [-0.25, -0.2) is 0 Å². The van der Waals surface area contributed by atoms with Crippen molar-refractivity contribution >= 4 is 15.9 Å². The van der Waals surface area contributed by atoms with Crippen LogP contribution in [0.1, 0.15) is 43.7 Å². The minimum atomic E-state index is 0.229. The first-order valence-corrected chi connectivity index (χ1v) is 8.02. The topological polar surface area (TPSA) is 3.24 Å². The first-order chi connectivity index (χ1) is 8.54. The molecule has 1 unspecified atom stereocenters. The van der Waals surface area contributed by atoms with E-state index < -0.39 is 0 Å². The molecule has 18 heavy (non-hydrogen) atoms. The van der Waals surface area contributed by atoms with Crippen molar-refractivity contribution in [3.8, 4) is 0 Å². The molecular formula is C16H24BrN. The molecule has 0 spiro atoms. The van der Waals surface area contributed by atoms with Crippen LogP contribution in [0.3, 0.4) is 0 Å². The molecule has 0 radical (unpaired) electrons. The predicted molar refractivity (Wildman–Crippen MR) is 82.6 cm³/mol. The molecule has 1 aliphatic carbocycles. The van der Waals surface area contributed by atoms with Crippen molar-refractivity contribution in [2.75, 3.05) is 18.9 Å². The van der Waals surface area contributed by atoms with Gasteiger partial charge in [-0.2, -0.15) is 0 Å². The molecular weight excluding hydrogens is 286 g/mol. The maximum atomic E-state index is 3.63. The van der Waals surface area contributed by atoms with E-state index in [0.717, 1.165) is 11.9 Å². The highest BCUT2D eigenvalue weighted by atomic mass is 79.9. The van der Waals surface area contributed by atoms with Gasteiger partial charge in [0, 0.05) is 17.4 Å². The number of nitrogens with zero attached hydrogens (tertiary/aromatic N) is 1. The number of rotatable bonds is 4. The maximum absolute atomic E-state index is 3.63. The first-order valence-electron chi connectivity index (χ1n) is 6.89.